The normalized spacial score (nSPS) is 14.8. The molecule has 1 aliphatic rings. The van der Waals surface area contributed by atoms with Gasteiger partial charge in [0, 0.05) is 30.9 Å². The quantitative estimate of drug-likeness (QED) is 0.691. The largest absolute Gasteiger partial charge is 0.352 e. The van der Waals surface area contributed by atoms with E-state index in [1.807, 2.05) is 6.07 Å². The second kappa shape index (κ2) is 6.91. The Morgan fingerprint density at radius 3 is 3.05 bits per heavy atom. The summed E-state index contributed by atoms with van der Waals surface area (Å²) in [5.41, 5.74) is 6.69. The maximum Gasteiger partial charge on any atom is 0.321 e. The van der Waals surface area contributed by atoms with E-state index in [1.54, 1.807) is 23.1 Å². The van der Waals surface area contributed by atoms with Gasteiger partial charge in [0.1, 0.15) is 0 Å². The van der Waals surface area contributed by atoms with Crippen LogP contribution in [0, 0.1) is 0 Å². The Morgan fingerprint density at radius 1 is 1.45 bits per heavy atom. The molecule has 6 heteroatoms. The van der Waals surface area contributed by atoms with Crippen molar-refractivity contribution in [2.45, 2.75) is 12.8 Å². The first-order valence-corrected chi connectivity index (χ1v) is 6.86. The topological polar surface area (TPSA) is 87.5 Å². The fourth-order valence-electron chi connectivity index (χ4n) is 2.10. The van der Waals surface area contributed by atoms with Gasteiger partial charge in [0.05, 0.1) is 0 Å². The summed E-state index contributed by atoms with van der Waals surface area (Å²) in [7, 11) is 0. The molecule has 0 aliphatic carbocycles. The maximum absolute atomic E-state index is 12.0. The van der Waals surface area contributed by atoms with Crippen LogP contribution in [0.5, 0.6) is 0 Å². The van der Waals surface area contributed by atoms with Crippen LogP contribution in [0.3, 0.4) is 0 Å². The summed E-state index contributed by atoms with van der Waals surface area (Å²) in [6.45, 7) is 2.48. The lowest BCUT2D eigenvalue weighted by Crippen LogP contribution is -2.46. The molecule has 6 nitrogen and oxygen atoms in total. The summed E-state index contributed by atoms with van der Waals surface area (Å²) in [4.78, 5) is 25.4. The predicted octanol–water partition coefficient (Wildman–Crippen LogP) is 0.685. The van der Waals surface area contributed by atoms with E-state index in [9.17, 15) is 9.59 Å². The maximum atomic E-state index is 12.0. The van der Waals surface area contributed by atoms with Crippen LogP contribution in [0.4, 0.5) is 10.5 Å². The minimum atomic E-state index is -0.141. The molecule has 0 spiro atoms. The van der Waals surface area contributed by atoms with Crippen LogP contribution in [0.15, 0.2) is 24.3 Å². The highest BCUT2D eigenvalue weighted by atomic mass is 16.2. The molecule has 1 saturated heterocycles. The molecular formula is C14H20N4O2. The number of nitrogens with zero attached hydrogens (tertiary/aromatic N) is 1. The van der Waals surface area contributed by atoms with Crippen LogP contribution < -0.4 is 21.3 Å². The van der Waals surface area contributed by atoms with Crippen LogP contribution in [-0.4, -0.2) is 38.1 Å². The van der Waals surface area contributed by atoms with E-state index in [0.717, 1.165) is 18.5 Å². The first-order chi connectivity index (χ1) is 9.72. The second-order valence-electron chi connectivity index (χ2n) is 4.69. The van der Waals surface area contributed by atoms with Crippen LogP contribution in [-0.2, 0) is 0 Å². The number of nitrogens with one attached hydrogen (secondary N) is 2. The number of carbonyl (C=O) groups is 2. The number of anilines is 1. The highest BCUT2D eigenvalue weighted by Gasteiger charge is 2.19. The van der Waals surface area contributed by atoms with Gasteiger partial charge in [0.25, 0.3) is 5.91 Å². The molecule has 20 heavy (non-hydrogen) atoms. The van der Waals surface area contributed by atoms with Gasteiger partial charge in [-0.3, -0.25) is 9.69 Å². The van der Waals surface area contributed by atoms with Crippen molar-refractivity contribution in [3.05, 3.63) is 29.8 Å². The number of hydrogen-bond acceptors (Lipinski definition) is 3. The average molecular weight is 276 g/mol. The minimum Gasteiger partial charge on any atom is -0.352 e. The van der Waals surface area contributed by atoms with E-state index in [0.29, 0.717) is 31.7 Å². The standard InChI is InChI=1S/C14H20N4O2/c15-6-2-7-16-13(19)11-4-1-5-12(10-11)18-9-3-8-17-14(18)20/h1,4-5,10H,2-3,6-9,15H2,(H,16,19)(H,17,20). The Labute approximate surface area is 118 Å². The number of rotatable bonds is 5. The lowest BCUT2D eigenvalue weighted by atomic mass is 10.1. The Balaban J connectivity index is 2.07. The van der Waals surface area contributed by atoms with Crippen LogP contribution in [0.1, 0.15) is 23.2 Å². The average Bonchev–Trinajstić information content (AvgIpc) is 2.48. The van der Waals surface area contributed by atoms with Crippen LogP contribution >= 0.6 is 0 Å². The SMILES string of the molecule is NCCCNC(=O)c1cccc(N2CCCNC2=O)c1. The molecule has 0 atom stereocenters. The van der Waals surface area contributed by atoms with Crippen molar-refractivity contribution in [3.8, 4) is 0 Å². The van der Waals surface area contributed by atoms with E-state index in [4.69, 9.17) is 5.73 Å². The third-order valence-electron chi connectivity index (χ3n) is 3.17. The van der Waals surface area contributed by atoms with Crippen molar-refractivity contribution < 1.29 is 9.59 Å². The Kier molecular flexibility index (Phi) is 4.95. The van der Waals surface area contributed by atoms with Crippen molar-refractivity contribution in [3.63, 3.8) is 0 Å². The molecule has 1 aromatic rings. The van der Waals surface area contributed by atoms with E-state index in [1.165, 1.54) is 0 Å². The lowest BCUT2D eigenvalue weighted by molar-refractivity contribution is 0.0953. The number of urea groups is 1. The second-order valence-corrected chi connectivity index (χ2v) is 4.69. The van der Waals surface area contributed by atoms with Gasteiger partial charge in [0.15, 0.2) is 0 Å². The zero-order valence-electron chi connectivity index (χ0n) is 11.4. The van der Waals surface area contributed by atoms with E-state index >= 15 is 0 Å². The van der Waals surface area contributed by atoms with Crippen LogP contribution in [0.2, 0.25) is 0 Å². The molecule has 4 N–H and O–H groups in total. The summed E-state index contributed by atoms with van der Waals surface area (Å²) >= 11 is 0. The summed E-state index contributed by atoms with van der Waals surface area (Å²) in [6.07, 6.45) is 1.65. The van der Waals surface area contributed by atoms with Gasteiger partial charge in [-0.05, 0) is 37.6 Å². The molecule has 108 valence electrons. The molecule has 1 heterocycles. The number of nitrogens with two attached hydrogens (primary N) is 1. The van der Waals surface area contributed by atoms with E-state index < -0.39 is 0 Å². The molecule has 0 saturated carbocycles. The molecule has 0 bridgehead atoms. The van der Waals surface area contributed by atoms with E-state index in [-0.39, 0.29) is 11.9 Å². The first-order valence-electron chi connectivity index (χ1n) is 6.86. The zero-order chi connectivity index (χ0) is 14.4. The predicted molar refractivity (Wildman–Crippen MR) is 77.8 cm³/mol. The molecule has 0 unspecified atom stereocenters. The summed E-state index contributed by atoms with van der Waals surface area (Å²) in [5.74, 6) is -0.141. The molecule has 1 aromatic carbocycles. The Morgan fingerprint density at radius 2 is 2.30 bits per heavy atom. The van der Waals surface area contributed by atoms with Gasteiger partial charge in [-0.2, -0.15) is 0 Å². The van der Waals surface area contributed by atoms with Crippen molar-refractivity contribution >= 4 is 17.6 Å². The molecule has 1 aliphatic heterocycles. The number of benzene rings is 1. The molecule has 2 rings (SSSR count). The Hall–Kier alpha value is -2.08. The smallest absolute Gasteiger partial charge is 0.321 e. The first kappa shape index (κ1) is 14.3. The van der Waals surface area contributed by atoms with Gasteiger partial charge >= 0.3 is 6.03 Å². The Bertz CT molecular complexity index is 490. The van der Waals surface area contributed by atoms with Crippen molar-refractivity contribution in [1.29, 1.82) is 0 Å². The number of hydrogen-bond donors (Lipinski definition) is 3. The summed E-state index contributed by atoms with van der Waals surface area (Å²) in [6, 6.07) is 6.99. The van der Waals surface area contributed by atoms with Gasteiger partial charge < -0.3 is 16.4 Å². The number of amides is 3. The monoisotopic (exact) mass is 276 g/mol. The zero-order valence-corrected chi connectivity index (χ0v) is 11.4. The van der Waals surface area contributed by atoms with Crippen molar-refractivity contribution in [1.82, 2.24) is 10.6 Å². The molecule has 3 amide bonds. The van der Waals surface area contributed by atoms with Crippen molar-refractivity contribution in [2.75, 3.05) is 31.1 Å². The highest BCUT2D eigenvalue weighted by molar-refractivity contribution is 5.97. The van der Waals surface area contributed by atoms with Gasteiger partial charge in [-0.25, -0.2) is 4.79 Å². The third-order valence-corrected chi connectivity index (χ3v) is 3.17. The minimum absolute atomic E-state index is 0.114. The van der Waals surface area contributed by atoms with Gasteiger partial charge in [0.2, 0.25) is 0 Å². The van der Waals surface area contributed by atoms with E-state index in [2.05, 4.69) is 10.6 Å². The third kappa shape index (κ3) is 3.48. The highest BCUT2D eigenvalue weighted by Crippen LogP contribution is 2.18. The summed E-state index contributed by atoms with van der Waals surface area (Å²) < 4.78 is 0. The fraction of sp³-hybridized carbons (Fsp3) is 0.429. The lowest BCUT2D eigenvalue weighted by Gasteiger charge is -2.27. The summed E-state index contributed by atoms with van der Waals surface area (Å²) in [5, 5.41) is 5.60. The number of carbonyl (C=O) groups excluding carboxylic acids is 2. The molecule has 1 fully saturated rings. The fourth-order valence-corrected chi connectivity index (χ4v) is 2.10. The van der Waals surface area contributed by atoms with Gasteiger partial charge in [-0.1, -0.05) is 6.07 Å². The molecular weight excluding hydrogens is 256 g/mol. The van der Waals surface area contributed by atoms with Crippen LogP contribution in [0.25, 0.3) is 0 Å². The molecule has 0 aromatic heterocycles. The van der Waals surface area contributed by atoms with Gasteiger partial charge in [-0.15, -0.1) is 0 Å². The van der Waals surface area contributed by atoms with Crippen molar-refractivity contribution in [2.24, 2.45) is 5.73 Å². The molecule has 0 radical (unpaired) electrons.